The number of carbonyl (C=O) groups is 1. The van der Waals surface area contributed by atoms with Crippen LogP contribution in [0.3, 0.4) is 0 Å². The first-order valence-electron chi connectivity index (χ1n) is 7.22. The van der Waals surface area contributed by atoms with Crippen LogP contribution >= 0.6 is 0 Å². The van der Waals surface area contributed by atoms with E-state index in [4.69, 9.17) is 0 Å². The zero-order valence-corrected chi connectivity index (χ0v) is 12.0. The lowest BCUT2D eigenvalue weighted by Gasteiger charge is -2.25. The fourth-order valence-corrected chi connectivity index (χ4v) is 2.69. The third-order valence-corrected chi connectivity index (χ3v) is 4.18. The Hall–Kier alpha value is -2.21. The Morgan fingerprint density at radius 2 is 2.05 bits per heavy atom. The largest absolute Gasteiger partial charge is 0.326 e. The van der Waals surface area contributed by atoms with Crippen molar-refractivity contribution in [3.05, 3.63) is 36.7 Å². The van der Waals surface area contributed by atoms with Gasteiger partial charge >= 0.3 is 0 Å². The number of anilines is 1. The van der Waals surface area contributed by atoms with Crippen LogP contribution < -0.4 is 10.6 Å². The van der Waals surface area contributed by atoms with Crippen LogP contribution in [0.25, 0.3) is 5.69 Å². The lowest BCUT2D eigenvalue weighted by atomic mass is 9.83. The summed E-state index contributed by atoms with van der Waals surface area (Å²) in [6.45, 7) is 3.73. The Balaban J connectivity index is 1.72. The lowest BCUT2D eigenvalue weighted by molar-refractivity contribution is -0.124. The molecule has 2 aromatic rings. The average Bonchev–Trinajstić information content (AvgIpc) is 3.20. The molecule has 0 radical (unpaired) electrons. The van der Waals surface area contributed by atoms with Gasteiger partial charge in [0.2, 0.25) is 5.91 Å². The maximum Gasteiger partial charge on any atom is 0.231 e. The van der Waals surface area contributed by atoms with E-state index in [0.717, 1.165) is 37.3 Å². The van der Waals surface area contributed by atoms with Crippen LogP contribution in [0.4, 0.5) is 5.69 Å². The van der Waals surface area contributed by atoms with Crippen molar-refractivity contribution in [3.63, 3.8) is 0 Å². The van der Waals surface area contributed by atoms with Crippen molar-refractivity contribution in [2.24, 2.45) is 5.41 Å². The highest BCUT2D eigenvalue weighted by atomic mass is 16.2. The molecule has 2 heterocycles. The summed E-state index contributed by atoms with van der Waals surface area (Å²) in [6, 6.07) is 7.53. The number of nitrogens with one attached hydrogen (secondary N) is 2. The maximum atomic E-state index is 12.5. The van der Waals surface area contributed by atoms with Gasteiger partial charge in [-0.2, -0.15) is 15.0 Å². The van der Waals surface area contributed by atoms with E-state index in [0.29, 0.717) is 0 Å². The molecule has 0 saturated carbocycles. The summed E-state index contributed by atoms with van der Waals surface area (Å²) in [5, 5.41) is 14.4. The minimum atomic E-state index is -0.276. The maximum absolute atomic E-state index is 12.5. The van der Waals surface area contributed by atoms with E-state index in [9.17, 15) is 4.79 Å². The smallest absolute Gasteiger partial charge is 0.231 e. The molecule has 1 aliphatic rings. The Kier molecular flexibility index (Phi) is 3.70. The molecule has 0 spiro atoms. The second kappa shape index (κ2) is 5.65. The first-order chi connectivity index (χ1) is 10.2. The molecule has 21 heavy (non-hydrogen) atoms. The van der Waals surface area contributed by atoms with Gasteiger partial charge in [0.25, 0.3) is 0 Å². The van der Waals surface area contributed by atoms with E-state index in [-0.39, 0.29) is 11.3 Å². The molecular formula is C15H19N5O. The van der Waals surface area contributed by atoms with Gasteiger partial charge in [-0.3, -0.25) is 4.79 Å². The predicted molar refractivity (Wildman–Crippen MR) is 80.2 cm³/mol. The van der Waals surface area contributed by atoms with Crippen molar-refractivity contribution in [1.29, 1.82) is 0 Å². The summed E-state index contributed by atoms with van der Waals surface area (Å²) in [5.74, 6) is 0.0972. The van der Waals surface area contributed by atoms with Crippen LogP contribution in [0.2, 0.25) is 0 Å². The Bertz CT molecular complexity index is 600. The first-order valence-corrected chi connectivity index (χ1v) is 7.22. The van der Waals surface area contributed by atoms with Crippen molar-refractivity contribution in [3.8, 4) is 5.69 Å². The van der Waals surface area contributed by atoms with Gasteiger partial charge in [-0.05, 0) is 43.7 Å². The van der Waals surface area contributed by atoms with Gasteiger partial charge in [-0.1, -0.05) is 6.92 Å². The third-order valence-electron chi connectivity index (χ3n) is 4.18. The summed E-state index contributed by atoms with van der Waals surface area (Å²) in [5.41, 5.74) is 1.39. The number of aromatic nitrogens is 3. The average molecular weight is 285 g/mol. The van der Waals surface area contributed by atoms with Crippen LogP contribution in [0.1, 0.15) is 19.8 Å². The molecule has 1 saturated heterocycles. The third kappa shape index (κ3) is 2.67. The van der Waals surface area contributed by atoms with Gasteiger partial charge in [0.15, 0.2) is 0 Å². The van der Waals surface area contributed by atoms with Gasteiger partial charge in [0.05, 0.1) is 23.5 Å². The van der Waals surface area contributed by atoms with Gasteiger partial charge in [0.1, 0.15) is 0 Å². The molecule has 0 aliphatic carbocycles. The van der Waals surface area contributed by atoms with Crippen LogP contribution in [-0.2, 0) is 4.79 Å². The van der Waals surface area contributed by atoms with Gasteiger partial charge in [0, 0.05) is 12.2 Å². The molecule has 1 unspecified atom stereocenters. The van der Waals surface area contributed by atoms with E-state index in [1.165, 1.54) is 0 Å². The quantitative estimate of drug-likeness (QED) is 0.895. The fraction of sp³-hybridized carbons (Fsp3) is 0.400. The van der Waals surface area contributed by atoms with Crippen molar-refractivity contribution in [2.75, 3.05) is 18.4 Å². The number of amides is 1. The first kappa shape index (κ1) is 13.8. The number of carbonyl (C=O) groups excluding carboxylic acids is 1. The molecule has 110 valence electrons. The normalized spacial score (nSPS) is 21.4. The van der Waals surface area contributed by atoms with E-state index in [1.54, 1.807) is 17.2 Å². The molecule has 1 aliphatic heterocycles. The van der Waals surface area contributed by atoms with Crippen LogP contribution in [-0.4, -0.2) is 34.0 Å². The standard InChI is InChI=1S/C15H19N5O/c1-2-15(7-8-16-11-15)14(21)19-12-3-5-13(6-4-12)20-17-9-10-18-20/h3-6,9-10,16H,2,7-8,11H2,1H3,(H,19,21). The van der Waals surface area contributed by atoms with Gasteiger partial charge < -0.3 is 10.6 Å². The topological polar surface area (TPSA) is 71.8 Å². The fourth-order valence-electron chi connectivity index (χ4n) is 2.69. The van der Waals surface area contributed by atoms with Crippen LogP contribution in [0, 0.1) is 5.41 Å². The molecule has 1 aromatic carbocycles. The van der Waals surface area contributed by atoms with Gasteiger partial charge in [-0.25, -0.2) is 0 Å². The molecule has 1 fully saturated rings. The molecule has 2 N–H and O–H groups in total. The second-order valence-corrected chi connectivity index (χ2v) is 5.38. The number of rotatable bonds is 4. The molecule has 6 nitrogen and oxygen atoms in total. The zero-order valence-electron chi connectivity index (χ0n) is 12.0. The highest BCUT2D eigenvalue weighted by molar-refractivity contribution is 5.95. The monoisotopic (exact) mass is 285 g/mol. The summed E-state index contributed by atoms with van der Waals surface area (Å²) >= 11 is 0. The molecule has 1 amide bonds. The predicted octanol–water partition coefficient (Wildman–Crippen LogP) is 1.60. The second-order valence-electron chi connectivity index (χ2n) is 5.38. The summed E-state index contributed by atoms with van der Waals surface area (Å²) in [6.07, 6.45) is 5.01. The van der Waals surface area contributed by atoms with E-state index < -0.39 is 0 Å². The number of benzene rings is 1. The van der Waals surface area contributed by atoms with Crippen LogP contribution in [0.15, 0.2) is 36.7 Å². The molecule has 1 aromatic heterocycles. The Morgan fingerprint density at radius 3 is 2.62 bits per heavy atom. The number of hydrogen-bond donors (Lipinski definition) is 2. The highest BCUT2D eigenvalue weighted by Gasteiger charge is 2.39. The Morgan fingerprint density at radius 1 is 1.33 bits per heavy atom. The van der Waals surface area contributed by atoms with E-state index in [2.05, 4.69) is 27.8 Å². The SMILES string of the molecule is CCC1(C(=O)Nc2ccc(-n3nccn3)cc2)CCNC1. The van der Waals surface area contributed by atoms with Crippen molar-refractivity contribution in [2.45, 2.75) is 19.8 Å². The minimum Gasteiger partial charge on any atom is -0.326 e. The van der Waals surface area contributed by atoms with Gasteiger partial charge in [-0.15, -0.1) is 0 Å². The molecule has 1 atom stereocenters. The molecular weight excluding hydrogens is 266 g/mol. The molecule has 0 bridgehead atoms. The number of nitrogens with zero attached hydrogens (tertiary/aromatic N) is 3. The summed E-state index contributed by atoms with van der Waals surface area (Å²) in [7, 11) is 0. The van der Waals surface area contributed by atoms with Crippen LogP contribution in [0.5, 0.6) is 0 Å². The minimum absolute atomic E-state index is 0.0972. The Labute approximate surface area is 123 Å². The summed E-state index contributed by atoms with van der Waals surface area (Å²) < 4.78 is 0. The number of hydrogen-bond acceptors (Lipinski definition) is 4. The highest BCUT2D eigenvalue weighted by Crippen LogP contribution is 2.31. The zero-order chi connectivity index (χ0) is 14.7. The molecule has 3 rings (SSSR count). The van der Waals surface area contributed by atoms with Crippen molar-refractivity contribution < 1.29 is 4.79 Å². The van der Waals surface area contributed by atoms with E-state index >= 15 is 0 Å². The van der Waals surface area contributed by atoms with Crippen molar-refractivity contribution in [1.82, 2.24) is 20.3 Å². The summed E-state index contributed by atoms with van der Waals surface area (Å²) in [4.78, 5) is 14.0. The van der Waals surface area contributed by atoms with E-state index in [1.807, 2.05) is 24.3 Å². The lowest BCUT2D eigenvalue weighted by Crippen LogP contribution is -2.37. The van der Waals surface area contributed by atoms with Crippen molar-refractivity contribution >= 4 is 11.6 Å². The molecule has 6 heteroatoms.